The average Bonchev–Trinajstić information content (AvgIpc) is 3.31. The fraction of sp³-hybridized carbons (Fsp3) is 0.556. The lowest BCUT2D eigenvalue weighted by atomic mass is 9.65. The first kappa shape index (κ1) is 23.7. The third-order valence-electron chi connectivity index (χ3n) is 7.62. The van der Waals surface area contributed by atoms with Crippen molar-refractivity contribution in [2.45, 2.75) is 65.0 Å². The highest BCUT2D eigenvalue weighted by Crippen LogP contribution is 2.48. The van der Waals surface area contributed by atoms with E-state index in [-0.39, 0.29) is 11.8 Å². The maximum atomic E-state index is 12.8. The predicted octanol–water partition coefficient (Wildman–Crippen LogP) is 4.58. The largest absolute Gasteiger partial charge is 0.456 e. The Bertz CT molecular complexity index is 1030. The van der Waals surface area contributed by atoms with Crippen LogP contribution in [0, 0.1) is 23.7 Å². The molecule has 3 aliphatic rings. The molecule has 0 radical (unpaired) electrons. The quantitative estimate of drug-likeness (QED) is 0.411. The highest BCUT2D eigenvalue weighted by atomic mass is 16.7. The molecule has 4 rings (SSSR count). The van der Waals surface area contributed by atoms with E-state index in [0.717, 1.165) is 12.0 Å². The van der Waals surface area contributed by atoms with Gasteiger partial charge in [-0.05, 0) is 81.1 Å². The molecule has 6 heteroatoms. The van der Waals surface area contributed by atoms with Crippen molar-refractivity contribution in [1.29, 1.82) is 0 Å². The van der Waals surface area contributed by atoms with Gasteiger partial charge < -0.3 is 19.1 Å². The van der Waals surface area contributed by atoms with Crippen LogP contribution in [-0.4, -0.2) is 38.1 Å². The van der Waals surface area contributed by atoms with Crippen LogP contribution in [0.15, 0.2) is 54.1 Å². The molecule has 6 atom stereocenters. The molecule has 0 spiro atoms. The summed E-state index contributed by atoms with van der Waals surface area (Å²) in [4.78, 5) is 17.1. The molecular formula is C27H36N2O4. The molecule has 1 aromatic heterocycles. The Morgan fingerprint density at radius 2 is 2.12 bits per heavy atom. The lowest BCUT2D eigenvalue weighted by molar-refractivity contribution is -0.214. The minimum atomic E-state index is -1.49. The maximum Gasteiger partial charge on any atom is 0.331 e. The van der Waals surface area contributed by atoms with Crippen molar-refractivity contribution in [3.05, 3.63) is 59.7 Å². The van der Waals surface area contributed by atoms with E-state index in [0.29, 0.717) is 24.0 Å². The molecule has 178 valence electrons. The van der Waals surface area contributed by atoms with E-state index in [1.165, 1.54) is 11.6 Å². The zero-order valence-electron chi connectivity index (χ0n) is 20.5. The van der Waals surface area contributed by atoms with Crippen LogP contribution in [0.2, 0.25) is 0 Å². The van der Waals surface area contributed by atoms with Gasteiger partial charge in [0, 0.05) is 19.3 Å². The number of hydrogen-bond acceptors (Lipinski definition) is 5. The van der Waals surface area contributed by atoms with Crippen molar-refractivity contribution in [2.75, 3.05) is 0 Å². The summed E-state index contributed by atoms with van der Waals surface area (Å²) in [5, 5.41) is 11.3. The van der Waals surface area contributed by atoms with Gasteiger partial charge in [0.2, 0.25) is 5.79 Å². The number of aliphatic hydroxyl groups is 1. The van der Waals surface area contributed by atoms with Crippen molar-refractivity contribution < 1.29 is 19.4 Å². The van der Waals surface area contributed by atoms with Crippen LogP contribution in [0.25, 0.3) is 6.08 Å². The van der Waals surface area contributed by atoms with Crippen molar-refractivity contribution >= 4 is 12.0 Å². The summed E-state index contributed by atoms with van der Waals surface area (Å²) in [6.45, 7) is 10.5. The number of esters is 1. The first-order chi connectivity index (χ1) is 15.5. The second-order valence-corrected chi connectivity index (χ2v) is 10.4. The van der Waals surface area contributed by atoms with Gasteiger partial charge in [-0.25, -0.2) is 9.78 Å². The molecule has 0 fully saturated rings. The number of nitrogens with zero attached hydrogens (tertiary/aromatic N) is 2. The molecule has 33 heavy (non-hydrogen) atoms. The van der Waals surface area contributed by atoms with Crippen LogP contribution < -0.4 is 0 Å². The Labute approximate surface area is 196 Å². The second-order valence-electron chi connectivity index (χ2n) is 10.4. The molecule has 1 aromatic rings. The molecule has 1 N–H and O–H groups in total. The first-order valence-electron chi connectivity index (χ1n) is 11.9. The fourth-order valence-electron chi connectivity index (χ4n) is 5.49. The molecule has 2 aliphatic heterocycles. The number of aryl methyl sites for hydroxylation is 1. The highest BCUT2D eigenvalue weighted by Gasteiger charge is 2.51. The van der Waals surface area contributed by atoms with Crippen molar-refractivity contribution in [1.82, 2.24) is 9.55 Å². The average molecular weight is 453 g/mol. The topological polar surface area (TPSA) is 73.6 Å². The SMILES string of the molecule is CC1=CC[C@H](C(C)C)[C@H]2C=C(C)[C@@]3(O)C=C[C@](C)(O3)[C@@H](OC(=O)C=Cc3cn(C)cn3)CC12. The summed E-state index contributed by atoms with van der Waals surface area (Å²) in [6, 6.07) is 0. The third kappa shape index (κ3) is 4.64. The molecule has 3 heterocycles. The van der Waals surface area contributed by atoms with Crippen molar-refractivity contribution in [2.24, 2.45) is 30.7 Å². The van der Waals surface area contributed by atoms with Gasteiger partial charge in [-0.2, -0.15) is 0 Å². The third-order valence-corrected chi connectivity index (χ3v) is 7.62. The van der Waals surface area contributed by atoms with Crippen LogP contribution in [0.3, 0.4) is 0 Å². The zero-order chi connectivity index (χ0) is 24.0. The molecule has 1 aliphatic carbocycles. The number of allylic oxidation sites excluding steroid dienone is 3. The first-order valence-corrected chi connectivity index (χ1v) is 11.9. The lowest BCUT2D eigenvalue weighted by Gasteiger charge is -2.41. The van der Waals surface area contributed by atoms with E-state index in [9.17, 15) is 9.90 Å². The monoisotopic (exact) mass is 452 g/mol. The van der Waals surface area contributed by atoms with Crippen LogP contribution in [0.1, 0.15) is 53.2 Å². The van der Waals surface area contributed by atoms with Crippen LogP contribution >= 0.6 is 0 Å². The van der Waals surface area contributed by atoms with Gasteiger partial charge in [-0.3, -0.25) is 0 Å². The van der Waals surface area contributed by atoms with E-state index in [4.69, 9.17) is 9.47 Å². The van der Waals surface area contributed by atoms with Crippen LogP contribution in [-0.2, 0) is 21.3 Å². The van der Waals surface area contributed by atoms with Gasteiger partial charge in [-0.1, -0.05) is 31.6 Å². The molecule has 0 amide bonds. The Balaban J connectivity index is 1.67. The van der Waals surface area contributed by atoms with Gasteiger partial charge in [0.1, 0.15) is 11.7 Å². The lowest BCUT2D eigenvalue weighted by Crippen LogP contribution is -2.46. The minimum absolute atomic E-state index is 0.204. The van der Waals surface area contributed by atoms with Crippen molar-refractivity contribution in [3.63, 3.8) is 0 Å². The Kier molecular flexibility index (Phi) is 6.27. The number of carbonyl (C=O) groups excluding carboxylic acids is 1. The number of ether oxygens (including phenoxy) is 2. The fourth-order valence-corrected chi connectivity index (χ4v) is 5.49. The van der Waals surface area contributed by atoms with E-state index in [2.05, 4.69) is 37.9 Å². The number of aromatic nitrogens is 2. The zero-order valence-corrected chi connectivity index (χ0v) is 20.5. The second kappa shape index (κ2) is 8.73. The Morgan fingerprint density at radius 1 is 1.36 bits per heavy atom. The summed E-state index contributed by atoms with van der Waals surface area (Å²) in [5.74, 6) is -0.550. The van der Waals surface area contributed by atoms with Gasteiger partial charge in [0.15, 0.2) is 0 Å². The van der Waals surface area contributed by atoms with E-state index in [1.807, 2.05) is 37.7 Å². The molecule has 6 nitrogen and oxygen atoms in total. The number of carbonyl (C=O) groups is 1. The number of hydrogen-bond donors (Lipinski definition) is 1. The normalized spacial score (nSPS) is 36.1. The molecule has 2 bridgehead atoms. The van der Waals surface area contributed by atoms with E-state index >= 15 is 0 Å². The molecule has 0 saturated heterocycles. The van der Waals surface area contributed by atoms with Crippen molar-refractivity contribution in [3.8, 4) is 0 Å². The Morgan fingerprint density at radius 3 is 2.79 bits per heavy atom. The van der Waals surface area contributed by atoms with Gasteiger partial charge >= 0.3 is 5.97 Å². The standard InChI is InChI=1S/C27H36N2O4/c1-17(2)21-9-7-18(3)22-14-24(32-25(30)10-8-20-15-29(6)16-28-20)26(5)11-12-27(31,33-26)19(4)13-23(21)22/h7-8,10-13,15-17,21-24,31H,9,14H2,1-6H3/t21-,22?,23-,24+,26+,27-/m1/s1. The molecule has 0 aromatic carbocycles. The number of fused-ring (bicyclic) bond motifs is 3. The summed E-state index contributed by atoms with van der Waals surface area (Å²) in [6.07, 6.45) is 15.7. The van der Waals surface area contributed by atoms with Crippen LogP contribution in [0.4, 0.5) is 0 Å². The summed E-state index contributed by atoms with van der Waals surface area (Å²) >= 11 is 0. The number of imidazole rings is 1. The van der Waals surface area contributed by atoms with Gasteiger partial charge in [0.25, 0.3) is 0 Å². The summed E-state index contributed by atoms with van der Waals surface area (Å²) < 4.78 is 14.1. The maximum absolute atomic E-state index is 12.8. The summed E-state index contributed by atoms with van der Waals surface area (Å²) in [5.41, 5.74) is 1.86. The van der Waals surface area contributed by atoms with Crippen LogP contribution in [0.5, 0.6) is 0 Å². The van der Waals surface area contributed by atoms with E-state index < -0.39 is 23.5 Å². The molecular weight excluding hydrogens is 416 g/mol. The molecule has 1 unspecified atom stereocenters. The number of rotatable bonds is 4. The highest BCUT2D eigenvalue weighted by molar-refractivity contribution is 5.86. The Hall–Kier alpha value is -2.44. The predicted molar refractivity (Wildman–Crippen MR) is 128 cm³/mol. The van der Waals surface area contributed by atoms with Gasteiger partial charge in [-0.15, -0.1) is 0 Å². The van der Waals surface area contributed by atoms with E-state index in [1.54, 1.807) is 18.5 Å². The van der Waals surface area contributed by atoms with Gasteiger partial charge in [0.05, 0.1) is 12.0 Å². The summed E-state index contributed by atoms with van der Waals surface area (Å²) in [7, 11) is 1.88. The minimum Gasteiger partial charge on any atom is -0.456 e. The smallest absolute Gasteiger partial charge is 0.331 e. The molecule has 0 saturated carbocycles.